The molecule has 11 heteroatoms. The zero-order valence-electron chi connectivity index (χ0n) is 24.6. The molecule has 8 nitrogen and oxygen atoms in total. The maximum atomic E-state index is 14.2. The summed E-state index contributed by atoms with van der Waals surface area (Å²) in [5, 5.41) is 3.53. The van der Waals surface area contributed by atoms with Crippen LogP contribution < -0.4 is 14.4 Å². The first-order chi connectivity index (χ1) is 19.8. The summed E-state index contributed by atoms with van der Waals surface area (Å²) < 4.78 is 34.8. The number of methoxy groups -OCH3 is 1. The van der Waals surface area contributed by atoms with E-state index in [1.54, 1.807) is 55.5 Å². The molecule has 0 fully saturated rings. The van der Waals surface area contributed by atoms with Gasteiger partial charge in [-0.3, -0.25) is 13.9 Å². The molecule has 0 heterocycles. The minimum Gasteiger partial charge on any atom is -0.495 e. The number of amides is 2. The highest BCUT2D eigenvalue weighted by Crippen LogP contribution is 2.34. The minimum atomic E-state index is -4.24. The molecule has 0 saturated carbocycles. The summed E-state index contributed by atoms with van der Waals surface area (Å²) in [6.07, 6.45) is 0.296. The van der Waals surface area contributed by atoms with Crippen molar-refractivity contribution in [3.05, 3.63) is 87.4 Å². The highest BCUT2D eigenvalue weighted by atomic mass is 35.5. The molecule has 226 valence electrons. The Bertz CT molecular complexity index is 1530. The van der Waals surface area contributed by atoms with E-state index in [4.69, 9.17) is 27.9 Å². The van der Waals surface area contributed by atoms with Crippen LogP contribution in [0.3, 0.4) is 0 Å². The predicted octanol–water partition coefficient (Wildman–Crippen LogP) is 6.15. The van der Waals surface area contributed by atoms with Gasteiger partial charge in [0.25, 0.3) is 10.0 Å². The zero-order chi connectivity index (χ0) is 31.2. The lowest BCUT2D eigenvalue weighted by molar-refractivity contribution is -0.140. The van der Waals surface area contributed by atoms with Crippen LogP contribution in [0.2, 0.25) is 10.0 Å². The summed E-state index contributed by atoms with van der Waals surface area (Å²) in [7, 11) is -2.80. The second kappa shape index (κ2) is 14.3. The van der Waals surface area contributed by atoms with Crippen molar-refractivity contribution in [2.24, 2.45) is 0 Å². The molecule has 1 N–H and O–H groups in total. The molecule has 0 aliphatic heterocycles. The van der Waals surface area contributed by atoms with Crippen LogP contribution in [0.25, 0.3) is 0 Å². The number of benzene rings is 3. The van der Waals surface area contributed by atoms with Crippen LogP contribution in [0, 0.1) is 13.8 Å². The molecule has 2 amide bonds. The van der Waals surface area contributed by atoms with E-state index in [0.29, 0.717) is 22.0 Å². The number of hydrogen-bond acceptors (Lipinski definition) is 5. The van der Waals surface area contributed by atoms with Crippen molar-refractivity contribution in [3.63, 3.8) is 0 Å². The van der Waals surface area contributed by atoms with Crippen LogP contribution in [0.15, 0.2) is 65.6 Å². The van der Waals surface area contributed by atoms with Crippen molar-refractivity contribution in [2.45, 2.75) is 64.6 Å². The Kier molecular flexibility index (Phi) is 11.3. The number of ether oxygens (including phenoxy) is 1. The average Bonchev–Trinajstić information content (AvgIpc) is 2.93. The van der Waals surface area contributed by atoms with Gasteiger partial charge in [0, 0.05) is 12.6 Å². The quantitative estimate of drug-likeness (QED) is 0.258. The number of carbonyl (C=O) groups is 2. The first kappa shape index (κ1) is 33.2. The molecule has 0 saturated heterocycles. The number of nitrogens with zero attached hydrogens (tertiary/aromatic N) is 2. The molecular formula is C31H37Cl2N3O5S. The van der Waals surface area contributed by atoms with Crippen LogP contribution >= 0.6 is 23.2 Å². The highest BCUT2D eigenvalue weighted by molar-refractivity contribution is 7.92. The lowest BCUT2D eigenvalue weighted by atomic mass is 10.1. The third kappa shape index (κ3) is 7.96. The third-order valence-electron chi connectivity index (χ3n) is 6.64. The smallest absolute Gasteiger partial charge is 0.264 e. The van der Waals surface area contributed by atoms with Crippen molar-refractivity contribution in [1.29, 1.82) is 0 Å². The Morgan fingerprint density at radius 3 is 2.14 bits per heavy atom. The molecule has 0 spiro atoms. The van der Waals surface area contributed by atoms with E-state index < -0.39 is 28.5 Å². The van der Waals surface area contributed by atoms with Gasteiger partial charge in [0.2, 0.25) is 11.8 Å². The minimum absolute atomic E-state index is 0.00309. The molecule has 1 atom stereocenters. The molecule has 0 aromatic heterocycles. The van der Waals surface area contributed by atoms with Crippen LogP contribution in [0.4, 0.5) is 5.69 Å². The summed E-state index contributed by atoms with van der Waals surface area (Å²) in [5.74, 6) is -0.641. The summed E-state index contributed by atoms with van der Waals surface area (Å²) in [4.78, 5) is 28.9. The molecule has 42 heavy (non-hydrogen) atoms. The van der Waals surface area contributed by atoms with E-state index in [0.717, 1.165) is 15.4 Å². The summed E-state index contributed by atoms with van der Waals surface area (Å²) in [6, 6.07) is 15.4. The number of carbonyl (C=O) groups excluding carboxylic acids is 2. The van der Waals surface area contributed by atoms with Crippen LogP contribution in [-0.4, -0.2) is 50.9 Å². The number of anilines is 1. The fourth-order valence-electron chi connectivity index (χ4n) is 4.48. The Balaban J connectivity index is 2.15. The Labute approximate surface area is 258 Å². The van der Waals surface area contributed by atoms with E-state index in [-0.39, 0.29) is 34.8 Å². The van der Waals surface area contributed by atoms with Crippen molar-refractivity contribution >= 4 is 50.7 Å². The number of hydrogen-bond donors (Lipinski definition) is 1. The lowest BCUT2D eigenvalue weighted by Crippen LogP contribution is -2.53. The second-order valence-corrected chi connectivity index (χ2v) is 13.0. The summed E-state index contributed by atoms with van der Waals surface area (Å²) in [5.41, 5.74) is 2.51. The Morgan fingerprint density at radius 1 is 0.929 bits per heavy atom. The zero-order valence-corrected chi connectivity index (χ0v) is 27.0. The van der Waals surface area contributed by atoms with Gasteiger partial charge in [-0.05, 0) is 81.6 Å². The molecule has 0 bridgehead atoms. The summed E-state index contributed by atoms with van der Waals surface area (Å²) >= 11 is 12.4. The first-order valence-corrected chi connectivity index (χ1v) is 15.8. The molecule has 0 aliphatic carbocycles. The van der Waals surface area contributed by atoms with Gasteiger partial charge < -0.3 is 15.0 Å². The van der Waals surface area contributed by atoms with Gasteiger partial charge in [0.15, 0.2) is 0 Å². The third-order valence-corrected chi connectivity index (χ3v) is 9.16. The number of halogens is 2. The van der Waals surface area contributed by atoms with E-state index in [9.17, 15) is 18.0 Å². The van der Waals surface area contributed by atoms with Gasteiger partial charge >= 0.3 is 0 Å². The van der Waals surface area contributed by atoms with Crippen molar-refractivity contribution < 1.29 is 22.7 Å². The van der Waals surface area contributed by atoms with Gasteiger partial charge in [-0.15, -0.1) is 0 Å². The van der Waals surface area contributed by atoms with E-state index >= 15 is 0 Å². The van der Waals surface area contributed by atoms with E-state index in [1.165, 1.54) is 24.1 Å². The first-order valence-electron chi connectivity index (χ1n) is 13.6. The van der Waals surface area contributed by atoms with Crippen LogP contribution in [0.1, 0.15) is 43.9 Å². The normalized spacial score (nSPS) is 12.1. The fraction of sp³-hybridized carbons (Fsp3) is 0.355. The number of aryl methyl sites for hydroxylation is 2. The molecule has 0 aliphatic rings. The van der Waals surface area contributed by atoms with Gasteiger partial charge in [0.05, 0.1) is 27.7 Å². The highest BCUT2D eigenvalue weighted by Gasteiger charge is 2.35. The molecule has 0 radical (unpaired) electrons. The topological polar surface area (TPSA) is 96.0 Å². The standard InChI is InChI=1S/C31H37Cl2N3O5S/c1-7-27(31(38)34-20(2)3)35(18-23-11-14-25(32)26(33)17-23)30(37)19-36(28-16-22(5)10-15-29(28)41-6)42(39,40)24-12-8-21(4)9-13-24/h8-17,20,27H,7,18-19H2,1-6H3,(H,34,38)/t27-/m1/s1. The van der Waals surface area contributed by atoms with E-state index in [2.05, 4.69) is 5.32 Å². The maximum absolute atomic E-state index is 14.2. The summed E-state index contributed by atoms with van der Waals surface area (Å²) in [6.45, 7) is 8.55. The van der Waals surface area contributed by atoms with Gasteiger partial charge in [0.1, 0.15) is 18.3 Å². The Hall–Kier alpha value is -3.27. The molecule has 0 unspecified atom stereocenters. The lowest BCUT2D eigenvalue weighted by Gasteiger charge is -2.34. The molecule has 3 rings (SSSR count). The predicted molar refractivity (Wildman–Crippen MR) is 168 cm³/mol. The van der Waals surface area contributed by atoms with Gasteiger partial charge in [-0.25, -0.2) is 8.42 Å². The molecule has 3 aromatic carbocycles. The van der Waals surface area contributed by atoms with Gasteiger partial charge in [-0.1, -0.05) is 60.0 Å². The van der Waals surface area contributed by atoms with E-state index in [1.807, 2.05) is 27.7 Å². The van der Waals surface area contributed by atoms with Crippen LogP contribution in [0.5, 0.6) is 5.75 Å². The molecular weight excluding hydrogens is 597 g/mol. The van der Waals surface area contributed by atoms with Gasteiger partial charge in [-0.2, -0.15) is 0 Å². The molecule has 3 aromatic rings. The largest absolute Gasteiger partial charge is 0.495 e. The average molecular weight is 635 g/mol. The SMILES string of the molecule is CC[C@H](C(=O)NC(C)C)N(Cc1ccc(Cl)c(Cl)c1)C(=O)CN(c1cc(C)ccc1OC)S(=O)(=O)c1ccc(C)cc1. The van der Waals surface area contributed by atoms with Crippen LogP contribution in [-0.2, 0) is 26.2 Å². The number of nitrogens with one attached hydrogen (secondary N) is 1. The Morgan fingerprint density at radius 2 is 1.57 bits per heavy atom. The monoisotopic (exact) mass is 633 g/mol. The number of sulfonamides is 1. The van der Waals surface area contributed by atoms with Crippen molar-refractivity contribution in [3.8, 4) is 5.75 Å². The fourth-order valence-corrected chi connectivity index (χ4v) is 6.22. The number of rotatable bonds is 12. The van der Waals surface area contributed by atoms with Crippen molar-refractivity contribution in [2.75, 3.05) is 18.0 Å². The second-order valence-electron chi connectivity index (χ2n) is 10.4. The maximum Gasteiger partial charge on any atom is 0.264 e. The van der Waals surface area contributed by atoms with Crippen molar-refractivity contribution in [1.82, 2.24) is 10.2 Å².